The largest absolute Gasteiger partial charge is 0.376 e. The summed E-state index contributed by atoms with van der Waals surface area (Å²) in [5.74, 6) is 0.696. The average molecular weight is 316 g/mol. The van der Waals surface area contributed by atoms with Gasteiger partial charge in [-0.15, -0.1) is 5.10 Å². The fourth-order valence-corrected chi connectivity index (χ4v) is 3.30. The Morgan fingerprint density at radius 2 is 2.27 bits per heavy atom. The van der Waals surface area contributed by atoms with E-state index in [-0.39, 0.29) is 11.8 Å². The van der Waals surface area contributed by atoms with Crippen LogP contribution >= 0.6 is 11.8 Å². The van der Waals surface area contributed by atoms with Gasteiger partial charge in [0.05, 0.1) is 24.3 Å². The smallest absolute Gasteiger partial charge is 0.344 e. The predicted molar refractivity (Wildman–Crippen MR) is 82.5 cm³/mol. The van der Waals surface area contributed by atoms with Crippen molar-refractivity contribution in [3.8, 4) is 6.07 Å². The van der Waals surface area contributed by atoms with Crippen LogP contribution in [0.3, 0.4) is 0 Å². The maximum absolute atomic E-state index is 11.9. The Labute approximate surface area is 132 Å². The highest BCUT2D eigenvalue weighted by atomic mass is 32.2. The molecule has 114 valence electrons. The van der Waals surface area contributed by atoms with Crippen molar-refractivity contribution in [3.05, 3.63) is 45.9 Å². The van der Waals surface area contributed by atoms with Gasteiger partial charge in [0, 0.05) is 12.4 Å². The molecule has 7 heteroatoms. The number of hydrogen-bond acceptors (Lipinski definition) is 5. The first-order valence-corrected chi connectivity index (χ1v) is 8.13. The topological polar surface area (TPSA) is 83.7 Å². The van der Waals surface area contributed by atoms with E-state index in [0.717, 1.165) is 25.0 Å². The molecule has 0 radical (unpaired) electrons. The van der Waals surface area contributed by atoms with Crippen LogP contribution in [0.1, 0.15) is 24.0 Å². The predicted octanol–water partition coefficient (Wildman–Crippen LogP) is 1.91. The molecule has 2 aromatic rings. The number of thioether (sulfide) groups is 1. The number of benzene rings is 1. The van der Waals surface area contributed by atoms with Gasteiger partial charge in [-0.3, -0.25) is 4.57 Å². The molecule has 1 fully saturated rings. The number of aromatic nitrogens is 3. The number of nitrogens with one attached hydrogen (secondary N) is 1. The number of nitrogens with zero attached hydrogens (tertiary/aromatic N) is 3. The molecule has 6 nitrogen and oxygen atoms in total. The minimum Gasteiger partial charge on any atom is -0.376 e. The second-order valence-corrected chi connectivity index (χ2v) is 6.10. The molecule has 1 atom stereocenters. The number of H-pyrrole nitrogens is 1. The van der Waals surface area contributed by atoms with Crippen LogP contribution in [-0.4, -0.2) is 27.5 Å². The lowest BCUT2D eigenvalue weighted by atomic mass is 10.2. The highest BCUT2D eigenvalue weighted by Crippen LogP contribution is 2.21. The van der Waals surface area contributed by atoms with E-state index in [1.54, 1.807) is 16.7 Å². The minimum absolute atomic E-state index is 0.101. The van der Waals surface area contributed by atoms with Crippen LogP contribution in [0.5, 0.6) is 0 Å². The number of aromatic amines is 1. The van der Waals surface area contributed by atoms with Gasteiger partial charge in [-0.25, -0.2) is 9.89 Å². The SMILES string of the molecule is N#Cc1ccc(CSc2n[nH]c(=O)n2C[C@@H]2CCCO2)cc1. The summed E-state index contributed by atoms with van der Waals surface area (Å²) < 4.78 is 7.23. The number of rotatable bonds is 5. The van der Waals surface area contributed by atoms with Crippen LogP contribution in [-0.2, 0) is 17.0 Å². The van der Waals surface area contributed by atoms with E-state index in [2.05, 4.69) is 16.3 Å². The molecule has 3 rings (SSSR count). The standard InChI is InChI=1S/C15H16N4O2S/c16-8-11-3-5-12(6-4-11)10-22-15-18-17-14(20)19(15)9-13-2-1-7-21-13/h3-6,13H,1-2,7,9-10H2,(H,17,20)/t13-/m0/s1. The zero-order chi connectivity index (χ0) is 15.4. The van der Waals surface area contributed by atoms with Crippen LogP contribution in [0.25, 0.3) is 0 Å². The quantitative estimate of drug-likeness (QED) is 0.852. The third-order valence-corrected chi connectivity index (χ3v) is 4.63. The number of nitriles is 1. The Balaban J connectivity index is 1.67. The summed E-state index contributed by atoms with van der Waals surface area (Å²) >= 11 is 1.50. The average Bonchev–Trinajstić information content (AvgIpc) is 3.18. The summed E-state index contributed by atoms with van der Waals surface area (Å²) in [6.07, 6.45) is 2.13. The molecule has 1 N–H and O–H groups in total. The first-order chi connectivity index (χ1) is 10.8. The molecule has 1 aromatic heterocycles. The summed E-state index contributed by atoms with van der Waals surface area (Å²) in [7, 11) is 0. The Hall–Kier alpha value is -2.04. The van der Waals surface area contributed by atoms with E-state index in [1.807, 2.05) is 12.1 Å². The van der Waals surface area contributed by atoms with Gasteiger partial charge in [-0.2, -0.15) is 5.26 Å². The molecule has 1 aliphatic heterocycles. The monoisotopic (exact) mass is 316 g/mol. The van der Waals surface area contributed by atoms with Crippen LogP contribution < -0.4 is 5.69 Å². The van der Waals surface area contributed by atoms with Crippen LogP contribution in [0.15, 0.2) is 34.2 Å². The van der Waals surface area contributed by atoms with E-state index >= 15 is 0 Å². The van der Waals surface area contributed by atoms with E-state index in [0.29, 0.717) is 23.0 Å². The third-order valence-electron chi connectivity index (χ3n) is 3.58. The van der Waals surface area contributed by atoms with Crippen molar-refractivity contribution in [3.63, 3.8) is 0 Å². The summed E-state index contributed by atoms with van der Waals surface area (Å²) in [6.45, 7) is 1.32. The Morgan fingerprint density at radius 1 is 1.45 bits per heavy atom. The first-order valence-electron chi connectivity index (χ1n) is 7.15. The van der Waals surface area contributed by atoms with Crippen molar-refractivity contribution >= 4 is 11.8 Å². The first kappa shape index (κ1) is 14.9. The van der Waals surface area contributed by atoms with Gasteiger partial charge in [0.25, 0.3) is 0 Å². The van der Waals surface area contributed by atoms with E-state index in [4.69, 9.17) is 10.00 Å². The normalized spacial score (nSPS) is 17.5. The fourth-order valence-electron chi connectivity index (χ4n) is 2.39. The minimum atomic E-state index is -0.196. The molecule has 0 spiro atoms. The molecular formula is C15H16N4O2S. The summed E-state index contributed by atoms with van der Waals surface area (Å²) in [5.41, 5.74) is 1.53. The molecule has 1 aliphatic rings. The second kappa shape index (κ2) is 6.81. The van der Waals surface area contributed by atoms with Gasteiger partial charge in [0.15, 0.2) is 5.16 Å². The molecule has 0 unspecified atom stereocenters. The molecule has 0 amide bonds. The maximum Gasteiger partial charge on any atom is 0.344 e. The Morgan fingerprint density at radius 3 is 2.95 bits per heavy atom. The van der Waals surface area contributed by atoms with Crippen LogP contribution in [0.2, 0.25) is 0 Å². The van der Waals surface area contributed by atoms with E-state index < -0.39 is 0 Å². The Bertz CT molecular complexity index is 723. The van der Waals surface area contributed by atoms with Gasteiger partial charge in [-0.1, -0.05) is 23.9 Å². The van der Waals surface area contributed by atoms with Crippen molar-refractivity contribution in [2.75, 3.05) is 6.61 Å². The second-order valence-electron chi connectivity index (χ2n) is 5.15. The van der Waals surface area contributed by atoms with Crippen molar-refractivity contribution in [2.24, 2.45) is 0 Å². The lowest BCUT2D eigenvalue weighted by Crippen LogP contribution is -2.24. The number of ether oxygens (including phenoxy) is 1. The van der Waals surface area contributed by atoms with Crippen LogP contribution in [0.4, 0.5) is 0 Å². The lowest BCUT2D eigenvalue weighted by Gasteiger charge is -2.10. The van der Waals surface area contributed by atoms with Crippen molar-refractivity contribution in [1.29, 1.82) is 5.26 Å². The highest BCUT2D eigenvalue weighted by Gasteiger charge is 2.19. The van der Waals surface area contributed by atoms with Gasteiger partial charge in [-0.05, 0) is 30.5 Å². The van der Waals surface area contributed by atoms with Gasteiger partial charge >= 0.3 is 5.69 Å². The fraction of sp³-hybridized carbons (Fsp3) is 0.400. The van der Waals surface area contributed by atoms with Crippen molar-refractivity contribution in [2.45, 2.75) is 36.4 Å². The number of hydrogen-bond donors (Lipinski definition) is 1. The summed E-state index contributed by atoms with van der Waals surface area (Å²) in [4.78, 5) is 11.9. The van der Waals surface area contributed by atoms with E-state index in [1.165, 1.54) is 11.8 Å². The van der Waals surface area contributed by atoms with Gasteiger partial charge in [0.2, 0.25) is 0 Å². The lowest BCUT2D eigenvalue weighted by molar-refractivity contribution is 0.0941. The zero-order valence-electron chi connectivity index (χ0n) is 12.0. The summed E-state index contributed by atoms with van der Waals surface area (Å²) in [6, 6.07) is 9.52. The third kappa shape index (κ3) is 3.40. The Kier molecular flexibility index (Phi) is 4.61. The molecular weight excluding hydrogens is 300 g/mol. The molecule has 0 bridgehead atoms. The highest BCUT2D eigenvalue weighted by molar-refractivity contribution is 7.98. The van der Waals surface area contributed by atoms with Crippen molar-refractivity contribution in [1.82, 2.24) is 14.8 Å². The maximum atomic E-state index is 11.9. The molecule has 22 heavy (non-hydrogen) atoms. The van der Waals surface area contributed by atoms with Crippen molar-refractivity contribution < 1.29 is 4.74 Å². The molecule has 0 saturated carbocycles. The summed E-state index contributed by atoms with van der Waals surface area (Å²) in [5, 5.41) is 16.1. The van der Waals surface area contributed by atoms with Gasteiger partial charge in [0.1, 0.15) is 0 Å². The zero-order valence-corrected chi connectivity index (χ0v) is 12.8. The van der Waals surface area contributed by atoms with Crippen LogP contribution in [0, 0.1) is 11.3 Å². The van der Waals surface area contributed by atoms with E-state index in [9.17, 15) is 4.79 Å². The molecule has 1 saturated heterocycles. The molecule has 0 aliphatic carbocycles. The molecule has 2 heterocycles. The molecule has 1 aromatic carbocycles. The van der Waals surface area contributed by atoms with Gasteiger partial charge < -0.3 is 4.74 Å².